The Morgan fingerprint density at radius 2 is 1.62 bits per heavy atom. The summed E-state index contributed by atoms with van der Waals surface area (Å²) in [7, 11) is -4.46. The predicted octanol–water partition coefficient (Wildman–Crippen LogP) is 4.76. The maximum absolute atomic E-state index is 13.7. The molecule has 0 radical (unpaired) electrons. The Labute approximate surface area is 226 Å². The molecular formula is C28H30F3N3O4S. The molecular weight excluding hydrogens is 531 g/mol. The maximum atomic E-state index is 13.7. The number of amides is 2. The molecule has 0 saturated heterocycles. The fraction of sp³-hybridized carbons (Fsp3) is 0.286. The van der Waals surface area contributed by atoms with Crippen molar-refractivity contribution in [3.8, 4) is 0 Å². The summed E-state index contributed by atoms with van der Waals surface area (Å²) in [5, 5.41) is 2.65. The lowest BCUT2D eigenvalue weighted by Gasteiger charge is -2.32. The number of halogens is 3. The van der Waals surface area contributed by atoms with Crippen molar-refractivity contribution in [1.29, 1.82) is 0 Å². The zero-order chi connectivity index (χ0) is 28.8. The molecule has 3 rings (SSSR count). The topological polar surface area (TPSA) is 86.8 Å². The van der Waals surface area contributed by atoms with E-state index in [1.54, 1.807) is 25.1 Å². The highest BCUT2D eigenvalue weighted by Gasteiger charge is 2.35. The summed E-state index contributed by atoms with van der Waals surface area (Å²) in [5.74, 6) is -1.21. The molecule has 0 aliphatic rings. The average Bonchev–Trinajstić information content (AvgIpc) is 2.90. The Kier molecular flexibility index (Phi) is 9.39. The van der Waals surface area contributed by atoms with Crippen molar-refractivity contribution in [1.82, 2.24) is 10.2 Å². The van der Waals surface area contributed by atoms with E-state index in [4.69, 9.17) is 0 Å². The van der Waals surface area contributed by atoms with Crippen molar-refractivity contribution in [2.45, 2.75) is 44.4 Å². The molecule has 0 heterocycles. The molecule has 208 valence electrons. The number of rotatable bonds is 10. The van der Waals surface area contributed by atoms with Gasteiger partial charge in [0.2, 0.25) is 11.8 Å². The van der Waals surface area contributed by atoms with Gasteiger partial charge in [-0.05, 0) is 56.7 Å². The van der Waals surface area contributed by atoms with Crippen molar-refractivity contribution < 1.29 is 31.2 Å². The summed E-state index contributed by atoms with van der Waals surface area (Å²) >= 11 is 0. The Morgan fingerprint density at radius 3 is 2.23 bits per heavy atom. The molecule has 1 atom stereocenters. The molecule has 0 aromatic heterocycles. The minimum absolute atomic E-state index is 0.0133. The van der Waals surface area contributed by atoms with E-state index in [0.717, 1.165) is 17.7 Å². The summed E-state index contributed by atoms with van der Waals surface area (Å²) in [6, 6.07) is 17.2. The second kappa shape index (κ2) is 12.3. The van der Waals surface area contributed by atoms with Gasteiger partial charge in [-0.1, -0.05) is 54.1 Å². The molecule has 1 N–H and O–H groups in total. The van der Waals surface area contributed by atoms with Crippen molar-refractivity contribution in [3.05, 3.63) is 95.6 Å². The molecule has 0 bridgehead atoms. The fourth-order valence-electron chi connectivity index (χ4n) is 4.00. The number of aryl methyl sites for hydroxylation is 1. The molecule has 3 aromatic rings. The summed E-state index contributed by atoms with van der Waals surface area (Å²) in [6.07, 6.45) is -4.73. The quantitative estimate of drug-likeness (QED) is 0.387. The van der Waals surface area contributed by atoms with E-state index in [2.05, 4.69) is 5.32 Å². The van der Waals surface area contributed by atoms with E-state index in [1.165, 1.54) is 42.2 Å². The van der Waals surface area contributed by atoms with Crippen LogP contribution in [-0.2, 0) is 32.3 Å². The number of carbonyl (C=O) groups excluding carboxylic acids is 2. The van der Waals surface area contributed by atoms with Gasteiger partial charge in [-0.25, -0.2) is 8.42 Å². The Balaban J connectivity index is 2.08. The lowest BCUT2D eigenvalue weighted by Crippen LogP contribution is -2.51. The Hall–Kier alpha value is -3.86. The monoisotopic (exact) mass is 561 g/mol. The van der Waals surface area contributed by atoms with Crippen molar-refractivity contribution in [3.63, 3.8) is 0 Å². The zero-order valence-electron chi connectivity index (χ0n) is 21.8. The normalized spacial score (nSPS) is 12.5. The summed E-state index contributed by atoms with van der Waals surface area (Å²) in [5.41, 5.74) is 0.232. The summed E-state index contributed by atoms with van der Waals surface area (Å²) in [6.45, 7) is 4.58. The highest BCUT2D eigenvalue weighted by atomic mass is 32.2. The Bertz CT molecular complexity index is 1410. The van der Waals surface area contributed by atoms with Gasteiger partial charge in [0.25, 0.3) is 10.0 Å². The highest BCUT2D eigenvalue weighted by Crippen LogP contribution is 2.33. The molecule has 0 saturated carbocycles. The number of alkyl halides is 3. The van der Waals surface area contributed by atoms with E-state index in [9.17, 15) is 31.2 Å². The number of anilines is 1. The first-order chi connectivity index (χ1) is 18.3. The first-order valence-electron chi connectivity index (χ1n) is 12.2. The molecule has 0 aliphatic heterocycles. The third kappa shape index (κ3) is 7.38. The predicted molar refractivity (Wildman–Crippen MR) is 142 cm³/mol. The van der Waals surface area contributed by atoms with Gasteiger partial charge >= 0.3 is 6.18 Å². The molecule has 3 aromatic carbocycles. The van der Waals surface area contributed by atoms with Gasteiger partial charge < -0.3 is 10.2 Å². The zero-order valence-corrected chi connectivity index (χ0v) is 22.6. The van der Waals surface area contributed by atoms with Crippen LogP contribution in [0.15, 0.2) is 83.8 Å². The third-order valence-electron chi connectivity index (χ3n) is 6.03. The minimum Gasteiger partial charge on any atom is -0.355 e. The average molecular weight is 562 g/mol. The molecule has 0 fully saturated rings. The number of nitrogens with zero attached hydrogens (tertiary/aromatic N) is 2. The van der Waals surface area contributed by atoms with E-state index < -0.39 is 46.2 Å². The largest absolute Gasteiger partial charge is 0.416 e. The van der Waals surface area contributed by atoms with Gasteiger partial charge in [-0.2, -0.15) is 13.2 Å². The van der Waals surface area contributed by atoms with Crippen molar-refractivity contribution in [2.24, 2.45) is 0 Å². The molecule has 0 unspecified atom stereocenters. The second-order valence-corrected chi connectivity index (χ2v) is 10.8. The van der Waals surface area contributed by atoms with Crippen molar-refractivity contribution in [2.75, 3.05) is 17.4 Å². The van der Waals surface area contributed by atoms with Crippen LogP contribution in [0.1, 0.15) is 30.5 Å². The van der Waals surface area contributed by atoms with Crippen LogP contribution < -0.4 is 9.62 Å². The fourth-order valence-corrected chi connectivity index (χ4v) is 5.42. The van der Waals surface area contributed by atoms with Gasteiger partial charge in [0, 0.05) is 13.1 Å². The number of hydrogen-bond donors (Lipinski definition) is 1. The third-order valence-corrected chi connectivity index (χ3v) is 7.81. The summed E-state index contributed by atoms with van der Waals surface area (Å²) in [4.78, 5) is 27.5. The first kappa shape index (κ1) is 29.7. The Morgan fingerprint density at radius 1 is 0.949 bits per heavy atom. The SMILES string of the molecule is CCNC(=O)[C@H](C)N(Cc1cccc(C)c1)C(=O)CN(c1cccc(C(F)(F)F)c1)S(=O)(=O)c1ccccc1. The summed E-state index contributed by atoms with van der Waals surface area (Å²) < 4.78 is 68.4. The van der Waals surface area contributed by atoms with E-state index in [-0.39, 0.29) is 17.1 Å². The van der Waals surface area contributed by atoms with Crippen LogP contribution >= 0.6 is 0 Å². The molecule has 11 heteroatoms. The number of carbonyl (C=O) groups is 2. The lowest BCUT2D eigenvalue weighted by molar-refractivity contribution is -0.139. The van der Waals surface area contributed by atoms with E-state index in [1.807, 2.05) is 19.1 Å². The first-order valence-corrected chi connectivity index (χ1v) is 13.7. The number of likely N-dealkylation sites (N-methyl/N-ethyl adjacent to an activating group) is 1. The van der Waals surface area contributed by atoms with Gasteiger partial charge in [0.05, 0.1) is 16.1 Å². The van der Waals surface area contributed by atoms with Gasteiger partial charge in [0.1, 0.15) is 12.6 Å². The molecule has 0 spiro atoms. The van der Waals surface area contributed by atoms with Gasteiger partial charge in [-0.3, -0.25) is 13.9 Å². The number of sulfonamides is 1. The second-order valence-electron chi connectivity index (χ2n) is 8.95. The standard InChI is InChI=1S/C28H30F3N3O4S/c1-4-32-27(36)21(3)33(18-22-11-8-10-20(2)16-22)26(35)19-34(39(37,38)25-14-6-5-7-15-25)24-13-9-12-23(17-24)28(29,30)31/h5-17,21H,4,18-19H2,1-3H3,(H,32,36)/t21-/m0/s1. The van der Waals surface area contributed by atoms with Crippen LogP contribution in [-0.4, -0.2) is 44.3 Å². The van der Waals surface area contributed by atoms with Crippen LogP contribution in [0.5, 0.6) is 0 Å². The van der Waals surface area contributed by atoms with Crippen LogP contribution in [0.25, 0.3) is 0 Å². The van der Waals surface area contributed by atoms with Crippen LogP contribution in [0.4, 0.5) is 18.9 Å². The van der Waals surface area contributed by atoms with Gasteiger partial charge in [0.15, 0.2) is 0 Å². The molecule has 0 aliphatic carbocycles. The van der Waals surface area contributed by atoms with Crippen LogP contribution in [0, 0.1) is 6.92 Å². The van der Waals surface area contributed by atoms with Crippen LogP contribution in [0.2, 0.25) is 0 Å². The maximum Gasteiger partial charge on any atom is 0.416 e. The number of benzene rings is 3. The van der Waals surface area contributed by atoms with E-state index >= 15 is 0 Å². The highest BCUT2D eigenvalue weighted by molar-refractivity contribution is 7.92. The molecule has 39 heavy (non-hydrogen) atoms. The smallest absolute Gasteiger partial charge is 0.355 e. The van der Waals surface area contributed by atoms with Crippen LogP contribution in [0.3, 0.4) is 0 Å². The number of nitrogens with one attached hydrogen (secondary N) is 1. The van der Waals surface area contributed by atoms with Crippen molar-refractivity contribution >= 4 is 27.5 Å². The van der Waals surface area contributed by atoms with Gasteiger partial charge in [-0.15, -0.1) is 0 Å². The number of hydrogen-bond acceptors (Lipinski definition) is 4. The van der Waals surface area contributed by atoms with E-state index in [0.29, 0.717) is 22.5 Å². The molecule has 7 nitrogen and oxygen atoms in total. The minimum atomic E-state index is -4.73. The lowest BCUT2D eigenvalue weighted by atomic mass is 10.1. The molecule has 2 amide bonds.